The Hall–Kier alpha value is -1.06. The van der Waals surface area contributed by atoms with Gasteiger partial charge in [-0.25, -0.2) is 12.8 Å². The van der Waals surface area contributed by atoms with Gasteiger partial charge in [-0.15, -0.1) is 0 Å². The first-order chi connectivity index (χ1) is 10.5. The second-order valence-electron chi connectivity index (χ2n) is 6.00. The van der Waals surface area contributed by atoms with Gasteiger partial charge < -0.3 is 9.47 Å². The summed E-state index contributed by atoms with van der Waals surface area (Å²) in [6.45, 7) is 1.56. The van der Waals surface area contributed by atoms with Gasteiger partial charge in [-0.2, -0.15) is 0 Å². The zero-order valence-corrected chi connectivity index (χ0v) is 12.6. The van der Waals surface area contributed by atoms with Gasteiger partial charge in [-0.1, -0.05) is 10.5 Å². The number of hydrogen-bond acceptors (Lipinski definition) is 5. The van der Waals surface area contributed by atoms with Crippen molar-refractivity contribution in [3.05, 3.63) is 29.6 Å². The first-order valence-electron chi connectivity index (χ1n) is 7.19. The Morgan fingerprint density at radius 1 is 1.23 bits per heavy atom. The molecule has 0 bridgehead atoms. The summed E-state index contributed by atoms with van der Waals surface area (Å²) in [5, 5.41) is 0. The van der Waals surface area contributed by atoms with Gasteiger partial charge in [-0.05, 0) is 25.0 Å². The molecule has 120 valence electrons. The molecular formula is C14H16FNO5S. The average Bonchev–Trinajstić information content (AvgIpc) is 2.92. The molecule has 1 aliphatic carbocycles. The van der Waals surface area contributed by atoms with E-state index in [0.717, 1.165) is 23.4 Å². The van der Waals surface area contributed by atoms with Crippen molar-refractivity contribution < 1.29 is 27.1 Å². The molecule has 0 atom stereocenters. The lowest BCUT2D eigenvalue weighted by molar-refractivity contribution is -0.0444. The maximum absolute atomic E-state index is 14.3. The van der Waals surface area contributed by atoms with Gasteiger partial charge in [-0.3, -0.25) is 4.84 Å². The van der Waals surface area contributed by atoms with E-state index in [1.54, 1.807) is 0 Å². The van der Waals surface area contributed by atoms with E-state index >= 15 is 0 Å². The fourth-order valence-electron chi connectivity index (χ4n) is 2.74. The van der Waals surface area contributed by atoms with Crippen LogP contribution in [0.25, 0.3) is 0 Å². The maximum Gasteiger partial charge on any atom is 0.267 e. The third kappa shape index (κ3) is 2.35. The molecule has 2 saturated heterocycles. The average molecular weight is 329 g/mol. The molecule has 0 unspecified atom stereocenters. The number of hydrogen-bond donors (Lipinski definition) is 0. The molecule has 1 aromatic carbocycles. The van der Waals surface area contributed by atoms with Crippen molar-refractivity contribution in [3.8, 4) is 0 Å². The minimum Gasteiger partial charge on any atom is -0.346 e. The van der Waals surface area contributed by atoms with Crippen LogP contribution in [0.1, 0.15) is 24.7 Å². The monoisotopic (exact) mass is 329 g/mol. The Morgan fingerprint density at radius 2 is 1.95 bits per heavy atom. The molecule has 1 aromatic rings. The van der Waals surface area contributed by atoms with Crippen LogP contribution in [0.3, 0.4) is 0 Å². The zero-order chi connectivity index (χ0) is 15.4. The summed E-state index contributed by atoms with van der Waals surface area (Å²) in [5.74, 6) is -0.822. The third-order valence-corrected chi connectivity index (χ3v) is 5.99. The second-order valence-corrected chi connectivity index (χ2v) is 7.80. The van der Waals surface area contributed by atoms with Crippen molar-refractivity contribution in [2.45, 2.75) is 24.0 Å². The predicted octanol–water partition coefficient (Wildman–Crippen LogP) is 1.59. The molecule has 2 aliphatic heterocycles. The molecular weight excluding hydrogens is 313 g/mol. The number of hydroxylamine groups is 1. The third-order valence-electron chi connectivity index (χ3n) is 4.33. The highest BCUT2D eigenvalue weighted by atomic mass is 32.2. The maximum atomic E-state index is 14.3. The van der Waals surface area contributed by atoms with Crippen molar-refractivity contribution in [2.24, 2.45) is 5.41 Å². The molecule has 8 heteroatoms. The van der Waals surface area contributed by atoms with Gasteiger partial charge in [0.15, 0.2) is 6.29 Å². The number of nitrogens with zero attached hydrogens (tertiary/aromatic N) is 1. The summed E-state index contributed by atoms with van der Waals surface area (Å²) in [5.41, 5.74) is 0.421. The van der Waals surface area contributed by atoms with Crippen LogP contribution in [0.15, 0.2) is 23.1 Å². The van der Waals surface area contributed by atoms with Gasteiger partial charge in [0.1, 0.15) is 10.7 Å². The number of benzene rings is 1. The summed E-state index contributed by atoms with van der Waals surface area (Å²) < 4.78 is 50.8. The fraction of sp³-hybridized carbons (Fsp3) is 0.571. The van der Waals surface area contributed by atoms with Gasteiger partial charge in [0.05, 0.1) is 19.8 Å². The SMILES string of the molecule is O=S(=O)(c1ccc(C2OCCO2)cc1F)N1CC2(CC2)CO1. The van der Waals surface area contributed by atoms with Gasteiger partial charge in [0.2, 0.25) is 0 Å². The Kier molecular flexibility index (Phi) is 3.28. The standard InChI is InChI=1S/C14H16FNO5S/c15-11-7-10(13-19-5-6-20-13)1-2-12(11)22(17,18)16-8-14(3-4-14)9-21-16/h1-2,7,13H,3-6,8-9H2. The van der Waals surface area contributed by atoms with Crippen LogP contribution in [-0.4, -0.2) is 39.3 Å². The normalized spacial score (nSPS) is 25.1. The van der Waals surface area contributed by atoms with Gasteiger partial charge in [0.25, 0.3) is 10.0 Å². The largest absolute Gasteiger partial charge is 0.346 e. The number of sulfonamides is 1. The summed E-state index contributed by atoms with van der Waals surface area (Å²) in [6, 6.07) is 3.90. The minimum absolute atomic E-state index is 0.0466. The van der Waals surface area contributed by atoms with E-state index in [0.29, 0.717) is 31.9 Å². The lowest BCUT2D eigenvalue weighted by Gasteiger charge is -2.16. The van der Waals surface area contributed by atoms with Gasteiger partial charge >= 0.3 is 0 Å². The summed E-state index contributed by atoms with van der Waals surface area (Å²) in [6.07, 6.45) is 1.28. The van der Waals surface area contributed by atoms with Crippen molar-refractivity contribution in [1.82, 2.24) is 4.47 Å². The number of halogens is 1. The van der Waals surface area contributed by atoms with Crippen molar-refractivity contribution in [2.75, 3.05) is 26.4 Å². The van der Waals surface area contributed by atoms with Crippen LogP contribution < -0.4 is 0 Å². The summed E-state index contributed by atoms with van der Waals surface area (Å²) >= 11 is 0. The van der Waals surface area contributed by atoms with Crippen molar-refractivity contribution >= 4 is 10.0 Å². The molecule has 0 aromatic heterocycles. The molecule has 1 saturated carbocycles. The van der Waals surface area contributed by atoms with E-state index in [1.165, 1.54) is 12.1 Å². The minimum atomic E-state index is -3.99. The van der Waals surface area contributed by atoms with Gasteiger partial charge in [0, 0.05) is 17.5 Å². The second kappa shape index (κ2) is 4.97. The smallest absolute Gasteiger partial charge is 0.267 e. The molecule has 6 nitrogen and oxygen atoms in total. The van der Waals surface area contributed by atoms with E-state index < -0.39 is 22.1 Å². The molecule has 0 N–H and O–H groups in total. The number of ether oxygens (including phenoxy) is 2. The lowest BCUT2D eigenvalue weighted by atomic mass is 10.1. The van der Waals surface area contributed by atoms with Crippen LogP contribution in [-0.2, 0) is 24.3 Å². The summed E-state index contributed by atoms with van der Waals surface area (Å²) in [4.78, 5) is 4.88. The van der Waals surface area contributed by atoms with Crippen LogP contribution in [0.5, 0.6) is 0 Å². The highest BCUT2D eigenvalue weighted by Crippen LogP contribution is 2.50. The lowest BCUT2D eigenvalue weighted by Crippen LogP contribution is -2.28. The van der Waals surface area contributed by atoms with Crippen molar-refractivity contribution in [1.29, 1.82) is 0 Å². The quantitative estimate of drug-likeness (QED) is 0.842. The Balaban J connectivity index is 1.61. The molecule has 3 aliphatic rings. The molecule has 2 heterocycles. The van der Waals surface area contributed by atoms with E-state index in [-0.39, 0.29) is 10.3 Å². The van der Waals surface area contributed by atoms with Crippen LogP contribution >= 0.6 is 0 Å². The molecule has 22 heavy (non-hydrogen) atoms. The first kappa shape index (κ1) is 14.5. The zero-order valence-electron chi connectivity index (χ0n) is 11.8. The highest BCUT2D eigenvalue weighted by Gasteiger charge is 2.52. The molecule has 3 fully saturated rings. The molecule has 4 rings (SSSR count). The Labute approximate surface area is 127 Å². The molecule has 0 radical (unpaired) electrons. The van der Waals surface area contributed by atoms with E-state index in [2.05, 4.69) is 0 Å². The van der Waals surface area contributed by atoms with E-state index in [9.17, 15) is 12.8 Å². The van der Waals surface area contributed by atoms with Crippen LogP contribution in [0.4, 0.5) is 4.39 Å². The van der Waals surface area contributed by atoms with E-state index in [4.69, 9.17) is 14.3 Å². The van der Waals surface area contributed by atoms with Crippen molar-refractivity contribution in [3.63, 3.8) is 0 Å². The van der Waals surface area contributed by atoms with Crippen LogP contribution in [0, 0.1) is 11.2 Å². The Bertz CT molecular complexity index is 697. The fourth-order valence-corrected chi connectivity index (χ4v) is 4.14. The molecule has 0 amide bonds. The molecule has 1 spiro atoms. The highest BCUT2D eigenvalue weighted by molar-refractivity contribution is 7.89. The van der Waals surface area contributed by atoms with E-state index in [1.807, 2.05) is 0 Å². The first-order valence-corrected chi connectivity index (χ1v) is 8.63. The Morgan fingerprint density at radius 3 is 2.55 bits per heavy atom. The number of rotatable bonds is 3. The van der Waals surface area contributed by atoms with Crippen LogP contribution in [0.2, 0.25) is 0 Å². The topological polar surface area (TPSA) is 65.1 Å². The summed E-state index contributed by atoms with van der Waals surface area (Å²) in [7, 11) is -3.99. The predicted molar refractivity (Wildman–Crippen MR) is 72.6 cm³/mol.